The van der Waals surface area contributed by atoms with Gasteiger partial charge in [-0.1, -0.05) is 0 Å². The molecular formula is C16H20N6O6S2. The lowest BCUT2D eigenvalue weighted by Crippen LogP contribution is -2.40. The molecule has 2 fully saturated rings. The molecule has 1 unspecified atom stereocenters. The SMILES string of the molecule is O=[N+]([O-])c1cc(S(=O)(=O)N2CCOCC2)ccc1Sc1nnnn1CC1CCCO1. The molecule has 2 aliphatic rings. The Bertz CT molecular complexity index is 1020. The molecular weight excluding hydrogens is 436 g/mol. The van der Waals surface area contributed by atoms with E-state index in [9.17, 15) is 18.5 Å². The second-order valence-corrected chi connectivity index (χ2v) is 9.73. The molecule has 0 radical (unpaired) electrons. The Morgan fingerprint density at radius 2 is 2.07 bits per heavy atom. The summed E-state index contributed by atoms with van der Waals surface area (Å²) in [6.07, 6.45) is 1.88. The van der Waals surface area contributed by atoms with E-state index in [1.54, 1.807) is 4.68 Å². The minimum Gasteiger partial charge on any atom is -0.379 e. The fourth-order valence-corrected chi connectivity index (χ4v) is 5.58. The minimum absolute atomic E-state index is 0.00359. The largest absolute Gasteiger partial charge is 0.379 e. The monoisotopic (exact) mass is 456 g/mol. The van der Waals surface area contributed by atoms with Crippen LogP contribution in [0, 0.1) is 10.1 Å². The number of nitrogens with zero attached hydrogens (tertiary/aromatic N) is 6. The smallest absolute Gasteiger partial charge is 0.284 e. The predicted octanol–water partition coefficient (Wildman–Crippen LogP) is 0.932. The van der Waals surface area contributed by atoms with Gasteiger partial charge in [0.15, 0.2) is 0 Å². The molecule has 0 amide bonds. The van der Waals surface area contributed by atoms with Gasteiger partial charge in [-0.25, -0.2) is 13.1 Å². The molecule has 1 aromatic carbocycles. The Morgan fingerprint density at radius 3 is 2.77 bits per heavy atom. The van der Waals surface area contributed by atoms with Gasteiger partial charge in [-0.3, -0.25) is 10.1 Å². The Labute approximate surface area is 176 Å². The molecule has 1 atom stereocenters. The molecule has 14 heteroatoms. The van der Waals surface area contributed by atoms with Gasteiger partial charge in [0.1, 0.15) is 0 Å². The number of nitro groups is 1. The van der Waals surface area contributed by atoms with Crippen LogP contribution in [0.5, 0.6) is 0 Å². The molecule has 2 aliphatic heterocycles. The highest BCUT2D eigenvalue weighted by atomic mass is 32.2. The molecule has 1 aromatic heterocycles. The third-order valence-electron chi connectivity index (χ3n) is 4.84. The van der Waals surface area contributed by atoms with E-state index in [0.29, 0.717) is 31.5 Å². The number of hydrogen-bond donors (Lipinski definition) is 0. The first-order chi connectivity index (χ1) is 14.4. The highest BCUT2D eigenvalue weighted by molar-refractivity contribution is 7.99. The molecule has 0 saturated carbocycles. The van der Waals surface area contributed by atoms with Crippen molar-refractivity contribution in [2.24, 2.45) is 0 Å². The summed E-state index contributed by atoms with van der Waals surface area (Å²) in [6.45, 7) is 2.16. The number of benzene rings is 1. The van der Waals surface area contributed by atoms with Crippen molar-refractivity contribution in [3.63, 3.8) is 0 Å². The number of rotatable bonds is 7. The maximum atomic E-state index is 12.8. The molecule has 3 heterocycles. The molecule has 30 heavy (non-hydrogen) atoms. The second kappa shape index (κ2) is 8.93. The number of tetrazole rings is 1. The molecule has 2 aromatic rings. The minimum atomic E-state index is -3.84. The predicted molar refractivity (Wildman–Crippen MR) is 104 cm³/mol. The third-order valence-corrected chi connectivity index (χ3v) is 7.77. The van der Waals surface area contributed by atoms with E-state index < -0.39 is 14.9 Å². The highest BCUT2D eigenvalue weighted by Crippen LogP contribution is 2.36. The van der Waals surface area contributed by atoms with E-state index in [-0.39, 0.29) is 34.7 Å². The van der Waals surface area contributed by atoms with Gasteiger partial charge in [-0.05, 0) is 47.2 Å². The number of sulfonamides is 1. The van der Waals surface area contributed by atoms with Crippen molar-refractivity contribution >= 4 is 27.5 Å². The van der Waals surface area contributed by atoms with Crippen LogP contribution < -0.4 is 0 Å². The van der Waals surface area contributed by atoms with E-state index in [0.717, 1.165) is 30.7 Å². The number of hydrogen-bond acceptors (Lipinski definition) is 10. The summed E-state index contributed by atoms with van der Waals surface area (Å²) in [5.74, 6) is 0. The van der Waals surface area contributed by atoms with Crippen LogP contribution in [0.1, 0.15) is 12.8 Å². The van der Waals surface area contributed by atoms with E-state index in [1.807, 2.05) is 0 Å². The van der Waals surface area contributed by atoms with Crippen molar-refractivity contribution in [1.29, 1.82) is 0 Å². The summed E-state index contributed by atoms with van der Waals surface area (Å²) in [7, 11) is -3.84. The zero-order valence-corrected chi connectivity index (χ0v) is 17.5. The van der Waals surface area contributed by atoms with Crippen molar-refractivity contribution < 1.29 is 22.8 Å². The van der Waals surface area contributed by atoms with Crippen molar-refractivity contribution in [3.8, 4) is 0 Å². The number of ether oxygens (including phenoxy) is 2. The molecule has 2 saturated heterocycles. The first-order valence-corrected chi connectivity index (χ1v) is 11.6. The van der Waals surface area contributed by atoms with E-state index in [1.165, 1.54) is 16.4 Å². The van der Waals surface area contributed by atoms with Crippen LogP contribution in [0.2, 0.25) is 0 Å². The van der Waals surface area contributed by atoms with Crippen LogP contribution in [-0.4, -0.2) is 76.9 Å². The summed E-state index contributed by atoms with van der Waals surface area (Å²) < 4.78 is 39.2. The molecule has 0 spiro atoms. The molecule has 162 valence electrons. The van der Waals surface area contributed by atoms with E-state index >= 15 is 0 Å². The molecule has 12 nitrogen and oxygen atoms in total. The molecule has 0 aliphatic carbocycles. The van der Waals surface area contributed by atoms with Gasteiger partial charge in [-0.2, -0.15) is 4.31 Å². The standard InChI is InChI=1S/C16H20N6O6S2/c23-22(24)14-10-13(30(25,26)20-5-8-27-9-6-20)3-4-15(14)29-16-17-18-19-21(16)11-12-2-1-7-28-12/h3-4,10,12H,1-2,5-9,11H2. The van der Waals surface area contributed by atoms with Crippen LogP contribution in [0.4, 0.5) is 5.69 Å². The van der Waals surface area contributed by atoms with Crippen molar-refractivity contribution in [1.82, 2.24) is 24.5 Å². The third kappa shape index (κ3) is 4.46. The zero-order valence-electron chi connectivity index (χ0n) is 15.9. The van der Waals surface area contributed by atoms with Gasteiger partial charge in [0.25, 0.3) is 5.69 Å². The topological polar surface area (TPSA) is 143 Å². The van der Waals surface area contributed by atoms with Crippen LogP contribution in [-0.2, 0) is 26.0 Å². The summed E-state index contributed by atoms with van der Waals surface area (Å²) in [5, 5.41) is 23.6. The Hall–Kier alpha value is -2.13. The first kappa shape index (κ1) is 21.1. The van der Waals surface area contributed by atoms with Gasteiger partial charge in [0.05, 0.1) is 40.6 Å². The van der Waals surface area contributed by atoms with Crippen molar-refractivity contribution in [2.45, 2.75) is 40.4 Å². The Balaban J connectivity index is 1.59. The Morgan fingerprint density at radius 1 is 1.27 bits per heavy atom. The Kier molecular flexibility index (Phi) is 6.29. The average Bonchev–Trinajstić information content (AvgIpc) is 3.41. The number of aromatic nitrogens is 4. The fourth-order valence-electron chi connectivity index (χ4n) is 3.29. The van der Waals surface area contributed by atoms with Gasteiger partial charge in [0, 0.05) is 25.8 Å². The van der Waals surface area contributed by atoms with Crippen LogP contribution in [0.15, 0.2) is 33.1 Å². The van der Waals surface area contributed by atoms with Crippen LogP contribution in [0.25, 0.3) is 0 Å². The summed E-state index contributed by atoms with van der Waals surface area (Å²) in [6, 6.07) is 3.87. The lowest BCUT2D eigenvalue weighted by molar-refractivity contribution is -0.388. The summed E-state index contributed by atoms with van der Waals surface area (Å²) in [4.78, 5) is 11.2. The lowest BCUT2D eigenvalue weighted by atomic mass is 10.2. The van der Waals surface area contributed by atoms with Crippen LogP contribution in [0.3, 0.4) is 0 Å². The van der Waals surface area contributed by atoms with Crippen LogP contribution >= 0.6 is 11.8 Å². The van der Waals surface area contributed by atoms with E-state index in [2.05, 4.69) is 15.5 Å². The highest BCUT2D eigenvalue weighted by Gasteiger charge is 2.29. The second-order valence-electron chi connectivity index (χ2n) is 6.78. The fraction of sp³-hybridized carbons (Fsp3) is 0.562. The average molecular weight is 457 g/mol. The van der Waals surface area contributed by atoms with Gasteiger partial charge >= 0.3 is 0 Å². The summed E-state index contributed by atoms with van der Waals surface area (Å²) >= 11 is 1.02. The number of morpholine rings is 1. The summed E-state index contributed by atoms with van der Waals surface area (Å²) in [5.41, 5.74) is -0.319. The van der Waals surface area contributed by atoms with Crippen molar-refractivity contribution in [3.05, 3.63) is 28.3 Å². The maximum absolute atomic E-state index is 12.8. The van der Waals surface area contributed by atoms with Gasteiger partial charge < -0.3 is 9.47 Å². The molecule has 0 bridgehead atoms. The zero-order chi connectivity index (χ0) is 21.1. The number of nitro benzene ring substituents is 1. The van der Waals surface area contributed by atoms with Gasteiger partial charge in [0.2, 0.25) is 15.2 Å². The van der Waals surface area contributed by atoms with Gasteiger partial charge in [-0.15, -0.1) is 5.10 Å². The molecule has 0 N–H and O–H groups in total. The lowest BCUT2D eigenvalue weighted by Gasteiger charge is -2.26. The van der Waals surface area contributed by atoms with Crippen molar-refractivity contribution in [2.75, 3.05) is 32.9 Å². The van der Waals surface area contributed by atoms with E-state index in [4.69, 9.17) is 9.47 Å². The first-order valence-electron chi connectivity index (χ1n) is 9.37. The normalized spacial score (nSPS) is 20.5. The molecule has 4 rings (SSSR count). The quantitative estimate of drug-likeness (QED) is 0.436. The maximum Gasteiger partial charge on any atom is 0.284 e.